The molecule has 4 nitrogen and oxygen atoms in total. The zero-order chi connectivity index (χ0) is 9.97. The Labute approximate surface area is 91.5 Å². The van der Waals surface area contributed by atoms with Crippen molar-refractivity contribution in [1.29, 1.82) is 0 Å². The van der Waals surface area contributed by atoms with Gasteiger partial charge in [-0.15, -0.1) is 0 Å². The molecule has 1 saturated heterocycles. The highest BCUT2D eigenvalue weighted by Gasteiger charge is 2.15. The van der Waals surface area contributed by atoms with Crippen LogP contribution < -0.4 is 5.73 Å². The fraction of sp³-hybridized carbons (Fsp3) is 0.667. The summed E-state index contributed by atoms with van der Waals surface area (Å²) in [4.78, 5) is 0. The molecule has 1 atom stereocenters. The zero-order valence-electron chi connectivity index (χ0n) is 7.95. The lowest BCUT2D eigenvalue weighted by molar-refractivity contribution is 0.0994. The van der Waals surface area contributed by atoms with E-state index >= 15 is 0 Å². The van der Waals surface area contributed by atoms with Gasteiger partial charge in [0.05, 0.1) is 10.6 Å². The van der Waals surface area contributed by atoms with Crippen LogP contribution in [0.5, 0.6) is 0 Å². The average molecular weight is 260 g/mol. The van der Waals surface area contributed by atoms with Gasteiger partial charge in [-0.1, -0.05) is 0 Å². The lowest BCUT2D eigenvalue weighted by atomic mass is 10.2. The van der Waals surface area contributed by atoms with Crippen molar-refractivity contribution in [2.24, 2.45) is 0 Å². The molecule has 0 saturated carbocycles. The molecule has 2 rings (SSSR count). The van der Waals surface area contributed by atoms with E-state index in [4.69, 9.17) is 10.5 Å². The van der Waals surface area contributed by atoms with E-state index in [0.29, 0.717) is 11.9 Å². The van der Waals surface area contributed by atoms with Crippen LogP contribution in [0.1, 0.15) is 19.3 Å². The monoisotopic (exact) mass is 259 g/mol. The summed E-state index contributed by atoms with van der Waals surface area (Å²) in [6.45, 7) is 1.79. The van der Waals surface area contributed by atoms with Crippen LogP contribution in [0, 0.1) is 0 Å². The molecule has 0 amide bonds. The molecule has 0 radical (unpaired) electrons. The highest BCUT2D eigenvalue weighted by Crippen LogP contribution is 2.19. The molecule has 0 aliphatic carbocycles. The summed E-state index contributed by atoms with van der Waals surface area (Å²) in [5.74, 6) is 0.553. The number of nitrogen functional groups attached to an aromatic ring is 1. The Kier molecular flexibility index (Phi) is 3.08. The Morgan fingerprint density at radius 2 is 2.57 bits per heavy atom. The van der Waals surface area contributed by atoms with E-state index < -0.39 is 0 Å². The number of ether oxygens (including phenoxy) is 1. The second kappa shape index (κ2) is 4.31. The van der Waals surface area contributed by atoms with Crippen molar-refractivity contribution >= 4 is 21.7 Å². The maximum atomic E-state index is 5.61. The van der Waals surface area contributed by atoms with E-state index in [0.717, 1.165) is 24.0 Å². The van der Waals surface area contributed by atoms with Gasteiger partial charge in [0.25, 0.3) is 0 Å². The molecule has 0 spiro atoms. The van der Waals surface area contributed by atoms with E-state index in [-0.39, 0.29) is 0 Å². The molecular formula is C9H14BrN3O. The van der Waals surface area contributed by atoms with Crippen molar-refractivity contribution in [2.45, 2.75) is 31.9 Å². The summed E-state index contributed by atoms with van der Waals surface area (Å²) >= 11 is 3.33. The van der Waals surface area contributed by atoms with E-state index in [2.05, 4.69) is 21.0 Å². The van der Waals surface area contributed by atoms with Crippen LogP contribution in [0.2, 0.25) is 0 Å². The number of halogens is 1. The van der Waals surface area contributed by atoms with Gasteiger partial charge in [-0.25, -0.2) is 0 Å². The number of aromatic nitrogens is 2. The number of nitrogens with zero attached hydrogens (tertiary/aromatic N) is 2. The summed E-state index contributed by atoms with van der Waals surface area (Å²) in [7, 11) is 0. The molecule has 78 valence electrons. The molecular weight excluding hydrogens is 246 g/mol. The standard InChI is InChI=1S/C9H14BrN3O/c10-8-6-13(12-9(8)11)4-3-7-2-1-5-14-7/h6-7H,1-5H2,(H2,11,12). The molecule has 1 aromatic rings. The normalized spacial score (nSPS) is 21.6. The molecule has 1 aromatic heterocycles. The average Bonchev–Trinajstić information content (AvgIpc) is 2.74. The van der Waals surface area contributed by atoms with E-state index in [1.807, 2.05) is 10.9 Å². The van der Waals surface area contributed by atoms with Crippen LogP contribution in [0.3, 0.4) is 0 Å². The third-order valence-corrected chi connectivity index (χ3v) is 3.06. The summed E-state index contributed by atoms with van der Waals surface area (Å²) in [6, 6.07) is 0. The number of rotatable bonds is 3. The molecule has 1 fully saturated rings. The van der Waals surface area contributed by atoms with Gasteiger partial charge in [-0.3, -0.25) is 4.68 Å². The maximum Gasteiger partial charge on any atom is 0.159 e. The first-order chi connectivity index (χ1) is 6.75. The quantitative estimate of drug-likeness (QED) is 0.901. The van der Waals surface area contributed by atoms with E-state index in [9.17, 15) is 0 Å². The highest BCUT2D eigenvalue weighted by molar-refractivity contribution is 9.10. The minimum Gasteiger partial charge on any atom is -0.381 e. The third kappa shape index (κ3) is 2.27. The smallest absolute Gasteiger partial charge is 0.159 e. The minimum atomic E-state index is 0.416. The SMILES string of the molecule is Nc1nn(CCC2CCCO2)cc1Br. The predicted molar refractivity (Wildman–Crippen MR) is 57.9 cm³/mol. The van der Waals surface area contributed by atoms with E-state index in [1.165, 1.54) is 12.8 Å². The van der Waals surface area contributed by atoms with Crippen molar-refractivity contribution in [1.82, 2.24) is 9.78 Å². The summed E-state index contributed by atoms with van der Waals surface area (Å²) in [6.07, 6.45) is 5.71. The largest absolute Gasteiger partial charge is 0.381 e. The molecule has 2 N–H and O–H groups in total. The second-order valence-electron chi connectivity index (χ2n) is 3.55. The Hall–Kier alpha value is -0.550. The first-order valence-electron chi connectivity index (χ1n) is 4.86. The molecule has 1 aliphatic heterocycles. The molecule has 5 heteroatoms. The molecule has 14 heavy (non-hydrogen) atoms. The van der Waals surface area contributed by atoms with Gasteiger partial charge in [-0.05, 0) is 35.2 Å². The first kappa shape index (κ1) is 9.98. The van der Waals surface area contributed by atoms with Crippen LogP contribution in [0.15, 0.2) is 10.7 Å². The van der Waals surface area contributed by atoms with Gasteiger partial charge in [0.15, 0.2) is 5.82 Å². The van der Waals surface area contributed by atoms with Crippen molar-refractivity contribution < 1.29 is 4.74 Å². The Morgan fingerprint density at radius 1 is 1.71 bits per heavy atom. The Morgan fingerprint density at radius 3 is 3.14 bits per heavy atom. The molecule has 0 aromatic carbocycles. The topological polar surface area (TPSA) is 53.1 Å². The number of anilines is 1. The van der Waals surface area contributed by atoms with Crippen LogP contribution in [-0.2, 0) is 11.3 Å². The van der Waals surface area contributed by atoms with Crippen LogP contribution in [0.4, 0.5) is 5.82 Å². The van der Waals surface area contributed by atoms with Crippen LogP contribution in [-0.4, -0.2) is 22.5 Å². The first-order valence-corrected chi connectivity index (χ1v) is 5.65. The fourth-order valence-corrected chi connectivity index (χ4v) is 1.99. The molecule has 1 aliphatic rings. The van der Waals surface area contributed by atoms with Gasteiger partial charge in [-0.2, -0.15) is 5.10 Å². The van der Waals surface area contributed by atoms with Gasteiger partial charge >= 0.3 is 0 Å². The van der Waals surface area contributed by atoms with Crippen molar-refractivity contribution in [3.05, 3.63) is 10.7 Å². The van der Waals surface area contributed by atoms with Crippen molar-refractivity contribution in [3.63, 3.8) is 0 Å². The third-order valence-electron chi connectivity index (χ3n) is 2.45. The van der Waals surface area contributed by atoms with Crippen LogP contribution >= 0.6 is 15.9 Å². The summed E-state index contributed by atoms with van der Waals surface area (Å²) in [5, 5.41) is 4.16. The number of hydrogen-bond donors (Lipinski definition) is 1. The number of aryl methyl sites for hydroxylation is 1. The van der Waals surface area contributed by atoms with Crippen LogP contribution in [0.25, 0.3) is 0 Å². The lowest BCUT2D eigenvalue weighted by Gasteiger charge is -2.08. The summed E-state index contributed by atoms with van der Waals surface area (Å²) in [5.41, 5.74) is 5.61. The maximum absolute atomic E-state index is 5.61. The highest BCUT2D eigenvalue weighted by atomic mass is 79.9. The summed E-state index contributed by atoms with van der Waals surface area (Å²) < 4.78 is 8.26. The fourth-order valence-electron chi connectivity index (χ4n) is 1.67. The second-order valence-corrected chi connectivity index (χ2v) is 4.40. The zero-order valence-corrected chi connectivity index (χ0v) is 9.53. The Bertz CT molecular complexity index is 288. The molecule has 2 heterocycles. The predicted octanol–water partition coefficient (Wildman–Crippen LogP) is 1.80. The minimum absolute atomic E-state index is 0.416. The number of hydrogen-bond acceptors (Lipinski definition) is 3. The van der Waals surface area contributed by atoms with Crippen molar-refractivity contribution in [3.8, 4) is 0 Å². The lowest BCUT2D eigenvalue weighted by Crippen LogP contribution is -2.10. The van der Waals surface area contributed by atoms with E-state index in [1.54, 1.807) is 0 Å². The molecule has 1 unspecified atom stereocenters. The van der Waals surface area contributed by atoms with Gasteiger partial charge in [0.2, 0.25) is 0 Å². The number of nitrogens with two attached hydrogens (primary N) is 1. The molecule has 0 bridgehead atoms. The van der Waals surface area contributed by atoms with Gasteiger partial charge in [0, 0.05) is 19.3 Å². The Balaban J connectivity index is 1.85. The van der Waals surface area contributed by atoms with Gasteiger partial charge in [0.1, 0.15) is 0 Å². The van der Waals surface area contributed by atoms with Gasteiger partial charge < -0.3 is 10.5 Å². The van der Waals surface area contributed by atoms with Crippen molar-refractivity contribution in [2.75, 3.05) is 12.3 Å².